The van der Waals surface area contributed by atoms with Crippen molar-refractivity contribution in [3.05, 3.63) is 30.1 Å². The lowest BCUT2D eigenvalue weighted by molar-refractivity contribution is -0.117. The van der Waals surface area contributed by atoms with Crippen LogP contribution >= 0.6 is 0 Å². The van der Waals surface area contributed by atoms with E-state index in [1.807, 2.05) is 24.3 Å². The van der Waals surface area contributed by atoms with Crippen LogP contribution in [0.3, 0.4) is 0 Å². The van der Waals surface area contributed by atoms with Gasteiger partial charge in [-0.1, -0.05) is 12.1 Å². The summed E-state index contributed by atoms with van der Waals surface area (Å²) in [6.07, 6.45) is 2.76. The van der Waals surface area contributed by atoms with Crippen LogP contribution in [0.1, 0.15) is 32.0 Å². The molecule has 0 fully saturated rings. The van der Waals surface area contributed by atoms with E-state index >= 15 is 0 Å². The second-order valence-electron chi connectivity index (χ2n) is 4.66. The average Bonchev–Trinajstić information content (AvgIpc) is 2.73. The molecule has 2 rings (SSSR count). The van der Waals surface area contributed by atoms with Gasteiger partial charge in [0.25, 0.3) is 0 Å². The fraction of sp³-hybridized carbons (Fsp3) is 0.400. The van der Waals surface area contributed by atoms with E-state index < -0.39 is 0 Å². The number of aromatic nitrogens is 2. The number of aryl methyl sites for hydroxylation is 1. The van der Waals surface area contributed by atoms with E-state index in [4.69, 9.17) is 5.26 Å². The number of Topliss-reactive ketones (excluding diaryl/α,β-unsaturated/α-hetero) is 1. The minimum atomic E-state index is 0.229. The molecule has 0 amide bonds. The van der Waals surface area contributed by atoms with Crippen LogP contribution in [-0.2, 0) is 17.8 Å². The standard InChI is InChI=1S/C15H17N3O/c1-12(19)6-4-5-11-18-14-8-3-2-7-13(14)17-15(18)9-10-16/h2-3,7-8H,4-6,9,11H2,1H3. The quantitative estimate of drug-likeness (QED) is 0.746. The largest absolute Gasteiger partial charge is 0.327 e. The lowest BCUT2D eigenvalue weighted by Crippen LogP contribution is -2.04. The zero-order valence-electron chi connectivity index (χ0n) is 11.1. The summed E-state index contributed by atoms with van der Waals surface area (Å²) in [5, 5.41) is 8.87. The number of hydrogen-bond donors (Lipinski definition) is 0. The predicted molar refractivity (Wildman–Crippen MR) is 73.6 cm³/mol. The van der Waals surface area contributed by atoms with E-state index in [-0.39, 0.29) is 5.78 Å². The van der Waals surface area contributed by atoms with Gasteiger partial charge < -0.3 is 9.36 Å². The van der Waals surface area contributed by atoms with Crippen molar-refractivity contribution in [2.45, 2.75) is 39.2 Å². The summed E-state index contributed by atoms with van der Waals surface area (Å²) in [5.41, 5.74) is 2.00. The van der Waals surface area contributed by atoms with Gasteiger partial charge in [0, 0.05) is 13.0 Å². The fourth-order valence-corrected chi connectivity index (χ4v) is 2.22. The number of nitriles is 1. The maximum Gasteiger partial charge on any atom is 0.129 e. The molecule has 0 atom stereocenters. The molecular formula is C15H17N3O. The van der Waals surface area contributed by atoms with Crippen molar-refractivity contribution in [1.29, 1.82) is 5.26 Å². The summed E-state index contributed by atoms with van der Waals surface area (Å²) < 4.78 is 2.10. The minimum absolute atomic E-state index is 0.229. The number of para-hydroxylation sites is 2. The van der Waals surface area contributed by atoms with Gasteiger partial charge in [-0.15, -0.1) is 0 Å². The van der Waals surface area contributed by atoms with Gasteiger partial charge in [-0.05, 0) is 31.9 Å². The predicted octanol–water partition coefficient (Wildman–Crippen LogP) is 2.86. The van der Waals surface area contributed by atoms with E-state index in [9.17, 15) is 4.79 Å². The fourth-order valence-electron chi connectivity index (χ4n) is 2.22. The van der Waals surface area contributed by atoms with Crippen molar-refractivity contribution in [2.24, 2.45) is 0 Å². The van der Waals surface area contributed by atoms with Crippen LogP contribution < -0.4 is 0 Å². The van der Waals surface area contributed by atoms with Crippen molar-refractivity contribution >= 4 is 16.8 Å². The Morgan fingerprint density at radius 3 is 2.89 bits per heavy atom. The summed E-state index contributed by atoms with van der Waals surface area (Å²) >= 11 is 0. The van der Waals surface area contributed by atoms with Gasteiger partial charge in [-0.2, -0.15) is 5.26 Å². The van der Waals surface area contributed by atoms with Crippen LogP contribution in [0.4, 0.5) is 0 Å². The van der Waals surface area contributed by atoms with Gasteiger partial charge in [0.15, 0.2) is 0 Å². The number of carbonyl (C=O) groups is 1. The van der Waals surface area contributed by atoms with Crippen LogP contribution in [0, 0.1) is 11.3 Å². The first-order chi connectivity index (χ1) is 9.22. The first-order valence-electron chi connectivity index (χ1n) is 6.53. The first-order valence-corrected chi connectivity index (χ1v) is 6.53. The van der Waals surface area contributed by atoms with Crippen LogP contribution in [0.25, 0.3) is 11.0 Å². The number of nitrogens with zero attached hydrogens (tertiary/aromatic N) is 3. The highest BCUT2D eigenvalue weighted by Crippen LogP contribution is 2.17. The topological polar surface area (TPSA) is 58.7 Å². The highest BCUT2D eigenvalue weighted by molar-refractivity contribution is 5.76. The van der Waals surface area contributed by atoms with Gasteiger partial charge in [-0.25, -0.2) is 4.98 Å². The number of benzene rings is 1. The van der Waals surface area contributed by atoms with E-state index in [1.54, 1.807) is 6.92 Å². The average molecular weight is 255 g/mol. The number of rotatable bonds is 6. The molecule has 98 valence electrons. The number of ketones is 1. The summed E-state index contributed by atoms with van der Waals surface area (Å²) in [6.45, 7) is 2.43. The summed E-state index contributed by atoms with van der Waals surface area (Å²) in [6, 6.07) is 10.1. The Kier molecular flexibility index (Phi) is 4.30. The maximum absolute atomic E-state index is 10.9. The molecule has 1 aromatic carbocycles. The Bertz CT molecular complexity index is 622. The Labute approximate surface area is 112 Å². The molecule has 0 bridgehead atoms. The van der Waals surface area contributed by atoms with Crippen LogP contribution in [0.2, 0.25) is 0 Å². The normalized spacial score (nSPS) is 10.5. The van der Waals surface area contributed by atoms with Gasteiger partial charge in [0.2, 0.25) is 0 Å². The Morgan fingerprint density at radius 1 is 1.37 bits per heavy atom. The third-order valence-corrected chi connectivity index (χ3v) is 3.13. The summed E-state index contributed by atoms with van der Waals surface area (Å²) in [7, 11) is 0. The third-order valence-electron chi connectivity index (χ3n) is 3.13. The molecule has 0 unspecified atom stereocenters. The third kappa shape index (κ3) is 3.19. The number of fused-ring (bicyclic) bond motifs is 1. The second kappa shape index (κ2) is 6.14. The lowest BCUT2D eigenvalue weighted by atomic mass is 10.2. The summed E-state index contributed by atoms with van der Waals surface area (Å²) in [4.78, 5) is 15.4. The van der Waals surface area contributed by atoms with Crippen molar-refractivity contribution in [1.82, 2.24) is 9.55 Å². The lowest BCUT2D eigenvalue weighted by Gasteiger charge is -2.06. The van der Waals surface area contributed by atoms with Crippen molar-refractivity contribution in [3.8, 4) is 6.07 Å². The molecule has 2 aromatic rings. The number of carbonyl (C=O) groups excluding carboxylic acids is 1. The van der Waals surface area contributed by atoms with Crippen molar-refractivity contribution in [2.75, 3.05) is 0 Å². The van der Waals surface area contributed by atoms with Gasteiger partial charge in [0.05, 0.1) is 23.5 Å². The van der Waals surface area contributed by atoms with Gasteiger partial charge in [-0.3, -0.25) is 0 Å². The van der Waals surface area contributed by atoms with E-state index in [0.717, 1.165) is 36.2 Å². The molecule has 0 spiro atoms. The van der Waals surface area contributed by atoms with E-state index in [1.165, 1.54) is 0 Å². The SMILES string of the molecule is CC(=O)CCCCn1c(CC#N)nc2ccccc21. The summed E-state index contributed by atoms with van der Waals surface area (Å²) in [5.74, 6) is 1.04. The van der Waals surface area contributed by atoms with E-state index in [2.05, 4.69) is 15.6 Å². The minimum Gasteiger partial charge on any atom is -0.327 e. The highest BCUT2D eigenvalue weighted by Gasteiger charge is 2.09. The molecule has 0 radical (unpaired) electrons. The molecule has 0 saturated carbocycles. The smallest absolute Gasteiger partial charge is 0.129 e. The first kappa shape index (κ1) is 13.3. The molecule has 0 aliphatic rings. The maximum atomic E-state index is 10.9. The molecule has 4 nitrogen and oxygen atoms in total. The second-order valence-corrected chi connectivity index (χ2v) is 4.66. The van der Waals surface area contributed by atoms with Crippen molar-refractivity contribution < 1.29 is 4.79 Å². The van der Waals surface area contributed by atoms with Crippen LogP contribution in [0.15, 0.2) is 24.3 Å². The zero-order chi connectivity index (χ0) is 13.7. The van der Waals surface area contributed by atoms with Gasteiger partial charge in [0.1, 0.15) is 11.6 Å². The Hall–Kier alpha value is -2.15. The van der Waals surface area contributed by atoms with E-state index in [0.29, 0.717) is 12.8 Å². The van der Waals surface area contributed by atoms with Crippen LogP contribution in [0.5, 0.6) is 0 Å². The molecule has 0 N–H and O–H groups in total. The number of unbranched alkanes of at least 4 members (excludes halogenated alkanes) is 1. The molecule has 19 heavy (non-hydrogen) atoms. The molecule has 0 aliphatic carbocycles. The zero-order valence-corrected chi connectivity index (χ0v) is 11.1. The molecule has 0 aliphatic heterocycles. The molecule has 4 heteroatoms. The van der Waals surface area contributed by atoms with Crippen LogP contribution in [-0.4, -0.2) is 15.3 Å². The molecular weight excluding hydrogens is 238 g/mol. The Balaban J connectivity index is 2.17. The Morgan fingerprint density at radius 2 is 2.16 bits per heavy atom. The molecule has 1 heterocycles. The van der Waals surface area contributed by atoms with Gasteiger partial charge >= 0.3 is 0 Å². The highest BCUT2D eigenvalue weighted by atomic mass is 16.1. The molecule has 0 saturated heterocycles. The van der Waals surface area contributed by atoms with Crippen molar-refractivity contribution in [3.63, 3.8) is 0 Å². The molecule has 1 aromatic heterocycles. The monoisotopic (exact) mass is 255 g/mol. The number of hydrogen-bond acceptors (Lipinski definition) is 3. The number of imidazole rings is 1.